The van der Waals surface area contributed by atoms with Gasteiger partial charge >= 0.3 is 0 Å². The Kier molecular flexibility index (Phi) is 5.18. The molecule has 0 aromatic heterocycles. The lowest BCUT2D eigenvalue weighted by Gasteiger charge is -2.20. The molecule has 2 N–H and O–H groups in total. The SMILES string of the molecule is CN(CC1CCCC1)S(=O)(=O)Cc1cccc(CN)c1. The van der Waals surface area contributed by atoms with Gasteiger partial charge in [0.05, 0.1) is 5.75 Å². The quantitative estimate of drug-likeness (QED) is 0.874. The largest absolute Gasteiger partial charge is 0.326 e. The summed E-state index contributed by atoms with van der Waals surface area (Å²) in [4.78, 5) is 0. The molecule has 1 aromatic rings. The molecule has 20 heavy (non-hydrogen) atoms. The van der Waals surface area contributed by atoms with E-state index in [0.29, 0.717) is 19.0 Å². The molecule has 0 heterocycles. The van der Waals surface area contributed by atoms with E-state index in [-0.39, 0.29) is 5.75 Å². The molecule has 0 saturated heterocycles. The van der Waals surface area contributed by atoms with Crippen LogP contribution in [0.15, 0.2) is 24.3 Å². The molecule has 112 valence electrons. The summed E-state index contributed by atoms with van der Waals surface area (Å²) in [5.41, 5.74) is 7.37. The van der Waals surface area contributed by atoms with E-state index >= 15 is 0 Å². The molecule has 1 aliphatic carbocycles. The fourth-order valence-corrected chi connectivity index (χ4v) is 4.10. The van der Waals surface area contributed by atoms with Crippen molar-refractivity contribution in [3.63, 3.8) is 0 Å². The number of nitrogens with two attached hydrogens (primary N) is 1. The van der Waals surface area contributed by atoms with E-state index in [1.54, 1.807) is 7.05 Å². The molecule has 0 unspecified atom stereocenters. The summed E-state index contributed by atoms with van der Waals surface area (Å²) in [5.74, 6) is 0.592. The van der Waals surface area contributed by atoms with Crippen LogP contribution in [-0.2, 0) is 22.3 Å². The Balaban J connectivity index is 2.01. The standard InChI is InChI=1S/C15H24N2O2S/c1-17(11-13-5-2-3-6-13)20(18,19)12-15-8-4-7-14(9-15)10-16/h4,7-9,13H,2-3,5-6,10-12,16H2,1H3. The van der Waals surface area contributed by atoms with Crippen molar-refractivity contribution < 1.29 is 8.42 Å². The molecule has 1 fully saturated rings. The van der Waals surface area contributed by atoms with Gasteiger partial charge in [0.2, 0.25) is 10.0 Å². The van der Waals surface area contributed by atoms with Crippen molar-refractivity contribution in [2.24, 2.45) is 11.7 Å². The van der Waals surface area contributed by atoms with Gasteiger partial charge in [-0.25, -0.2) is 12.7 Å². The first kappa shape index (κ1) is 15.5. The second-order valence-corrected chi connectivity index (χ2v) is 7.79. The summed E-state index contributed by atoms with van der Waals surface area (Å²) in [6.45, 7) is 1.09. The van der Waals surface area contributed by atoms with Gasteiger partial charge < -0.3 is 5.73 Å². The average molecular weight is 296 g/mol. The van der Waals surface area contributed by atoms with Crippen LogP contribution >= 0.6 is 0 Å². The highest BCUT2D eigenvalue weighted by Gasteiger charge is 2.24. The predicted octanol–water partition coefficient (Wildman–Crippen LogP) is 2.10. The van der Waals surface area contributed by atoms with Crippen molar-refractivity contribution in [1.82, 2.24) is 4.31 Å². The lowest BCUT2D eigenvalue weighted by Crippen LogP contribution is -2.32. The second-order valence-electron chi connectivity index (χ2n) is 5.71. The van der Waals surface area contributed by atoms with Gasteiger partial charge in [-0.3, -0.25) is 0 Å². The van der Waals surface area contributed by atoms with Crippen LogP contribution in [-0.4, -0.2) is 26.3 Å². The molecule has 1 saturated carbocycles. The Morgan fingerprint density at radius 3 is 2.55 bits per heavy atom. The Morgan fingerprint density at radius 1 is 1.25 bits per heavy atom. The molecule has 1 aliphatic rings. The van der Waals surface area contributed by atoms with Gasteiger partial charge in [0.1, 0.15) is 0 Å². The van der Waals surface area contributed by atoms with E-state index < -0.39 is 10.0 Å². The monoisotopic (exact) mass is 296 g/mol. The normalized spacial score (nSPS) is 16.9. The minimum atomic E-state index is -3.23. The molecular formula is C15H24N2O2S. The van der Waals surface area contributed by atoms with E-state index in [1.165, 1.54) is 17.1 Å². The van der Waals surface area contributed by atoms with E-state index in [2.05, 4.69) is 0 Å². The number of hydrogen-bond donors (Lipinski definition) is 1. The molecular weight excluding hydrogens is 272 g/mol. The van der Waals surface area contributed by atoms with E-state index in [1.807, 2.05) is 24.3 Å². The first-order valence-electron chi connectivity index (χ1n) is 7.23. The fourth-order valence-electron chi connectivity index (χ4n) is 2.84. The van der Waals surface area contributed by atoms with Crippen LogP contribution < -0.4 is 5.73 Å². The highest BCUT2D eigenvalue weighted by atomic mass is 32.2. The fraction of sp³-hybridized carbons (Fsp3) is 0.600. The lowest BCUT2D eigenvalue weighted by atomic mass is 10.1. The predicted molar refractivity (Wildman–Crippen MR) is 81.5 cm³/mol. The number of benzene rings is 1. The summed E-state index contributed by atoms with van der Waals surface area (Å²) < 4.78 is 26.3. The first-order chi connectivity index (χ1) is 9.51. The summed E-state index contributed by atoms with van der Waals surface area (Å²) in [6, 6.07) is 7.50. The molecule has 0 radical (unpaired) electrons. The minimum Gasteiger partial charge on any atom is -0.326 e. The van der Waals surface area contributed by atoms with Crippen molar-refractivity contribution in [3.05, 3.63) is 35.4 Å². The number of sulfonamides is 1. The van der Waals surface area contributed by atoms with Crippen molar-refractivity contribution in [2.45, 2.75) is 38.0 Å². The average Bonchev–Trinajstić information content (AvgIpc) is 2.91. The van der Waals surface area contributed by atoms with E-state index in [4.69, 9.17) is 5.73 Å². The molecule has 2 rings (SSSR count). The second kappa shape index (κ2) is 6.70. The molecule has 0 amide bonds. The number of nitrogens with zero attached hydrogens (tertiary/aromatic N) is 1. The van der Waals surface area contributed by atoms with Gasteiger partial charge in [0.25, 0.3) is 0 Å². The zero-order valence-electron chi connectivity index (χ0n) is 12.1. The molecule has 0 spiro atoms. The van der Waals surface area contributed by atoms with Crippen LogP contribution in [0.3, 0.4) is 0 Å². The van der Waals surface area contributed by atoms with Gasteiger partial charge in [0.15, 0.2) is 0 Å². The van der Waals surface area contributed by atoms with Crippen LogP contribution in [0.2, 0.25) is 0 Å². The van der Waals surface area contributed by atoms with Crippen molar-refractivity contribution in [2.75, 3.05) is 13.6 Å². The highest BCUT2D eigenvalue weighted by Crippen LogP contribution is 2.26. The zero-order chi connectivity index (χ0) is 14.6. The summed E-state index contributed by atoms with van der Waals surface area (Å²) >= 11 is 0. The summed E-state index contributed by atoms with van der Waals surface area (Å²) in [6.07, 6.45) is 4.78. The van der Waals surface area contributed by atoms with Crippen molar-refractivity contribution >= 4 is 10.0 Å². The maximum atomic E-state index is 12.4. The van der Waals surface area contributed by atoms with Crippen LogP contribution in [0, 0.1) is 5.92 Å². The Bertz CT molecular complexity index is 537. The van der Waals surface area contributed by atoms with Crippen LogP contribution in [0.5, 0.6) is 0 Å². The number of hydrogen-bond acceptors (Lipinski definition) is 3. The van der Waals surface area contributed by atoms with E-state index in [0.717, 1.165) is 24.0 Å². The maximum Gasteiger partial charge on any atom is 0.218 e. The molecule has 1 aromatic carbocycles. The number of rotatable bonds is 6. The third-order valence-electron chi connectivity index (χ3n) is 4.04. The molecule has 4 nitrogen and oxygen atoms in total. The molecule has 0 aliphatic heterocycles. The van der Waals surface area contributed by atoms with Gasteiger partial charge in [-0.05, 0) is 29.9 Å². The summed E-state index contributed by atoms with van der Waals surface area (Å²) in [5, 5.41) is 0. The summed E-state index contributed by atoms with van der Waals surface area (Å²) in [7, 11) is -1.54. The molecule has 5 heteroatoms. The minimum absolute atomic E-state index is 0.0596. The zero-order valence-corrected chi connectivity index (χ0v) is 12.9. The van der Waals surface area contributed by atoms with Crippen LogP contribution in [0.4, 0.5) is 0 Å². The maximum absolute atomic E-state index is 12.4. The third-order valence-corrected chi connectivity index (χ3v) is 5.84. The highest BCUT2D eigenvalue weighted by molar-refractivity contribution is 7.88. The van der Waals surface area contributed by atoms with Gasteiger partial charge in [-0.1, -0.05) is 37.1 Å². The van der Waals surface area contributed by atoms with E-state index in [9.17, 15) is 8.42 Å². The third kappa shape index (κ3) is 4.04. The Labute approximate surface area is 122 Å². The van der Waals surface area contributed by atoms with Gasteiger partial charge in [0, 0.05) is 20.1 Å². The topological polar surface area (TPSA) is 63.4 Å². The van der Waals surface area contributed by atoms with Gasteiger partial charge in [-0.15, -0.1) is 0 Å². The van der Waals surface area contributed by atoms with Crippen LogP contribution in [0.1, 0.15) is 36.8 Å². The van der Waals surface area contributed by atoms with Crippen LogP contribution in [0.25, 0.3) is 0 Å². The van der Waals surface area contributed by atoms with Crippen molar-refractivity contribution in [3.8, 4) is 0 Å². The van der Waals surface area contributed by atoms with Gasteiger partial charge in [-0.2, -0.15) is 0 Å². The lowest BCUT2D eigenvalue weighted by molar-refractivity contribution is 0.387. The first-order valence-corrected chi connectivity index (χ1v) is 8.84. The molecule has 0 bridgehead atoms. The smallest absolute Gasteiger partial charge is 0.218 e. The Hall–Kier alpha value is -0.910. The Morgan fingerprint density at radius 2 is 1.90 bits per heavy atom. The molecule has 0 atom stereocenters. The van der Waals surface area contributed by atoms with Crippen molar-refractivity contribution in [1.29, 1.82) is 0 Å².